The molecule has 0 amide bonds. The Hall–Kier alpha value is -1.69. The topological polar surface area (TPSA) is 58.4 Å². The molecule has 0 unspecified atom stereocenters. The summed E-state index contributed by atoms with van der Waals surface area (Å²) in [5, 5.41) is 13.6. The smallest absolute Gasteiger partial charge is 0.274 e. The standard InChI is InChI=1S/C13H20FN3O2/c1-3-6-16(4-2)7-5-15-12-8-11(14)9-13(10-12)17(18)19/h8-10,15H,3-7H2,1-2H3. The second kappa shape index (κ2) is 7.68. The highest BCUT2D eigenvalue weighted by Gasteiger charge is 2.09. The highest BCUT2D eigenvalue weighted by atomic mass is 19.1. The van der Waals surface area contributed by atoms with E-state index in [2.05, 4.69) is 24.1 Å². The summed E-state index contributed by atoms with van der Waals surface area (Å²) in [5.74, 6) is -0.599. The monoisotopic (exact) mass is 269 g/mol. The lowest BCUT2D eigenvalue weighted by Crippen LogP contribution is -2.29. The number of hydrogen-bond acceptors (Lipinski definition) is 4. The lowest BCUT2D eigenvalue weighted by Gasteiger charge is -2.19. The molecule has 19 heavy (non-hydrogen) atoms. The molecule has 0 aliphatic heterocycles. The van der Waals surface area contributed by atoms with Crippen molar-refractivity contribution in [1.29, 1.82) is 0 Å². The van der Waals surface area contributed by atoms with Crippen LogP contribution >= 0.6 is 0 Å². The van der Waals surface area contributed by atoms with Crippen LogP contribution < -0.4 is 5.32 Å². The van der Waals surface area contributed by atoms with Crippen molar-refractivity contribution in [2.75, 3.05) is 31.5 Å². The number of anilines is 1. The Bertz CT molecular complexity index is 426. The summed E-state index contributed by atoms with van der Waals surface area (Å²) in [6.07, 6.45) is 1.08. The van der Waals surface area contributed by atoms with E-state index in [0.717, 1.165) is 32.1 Å². The Morgan fingerprint density at radius 1 is 1.32 bits per heavy atom. The Kier molecular flexibility index (Phi) is 6.21. The molecule has 1 aromatic carbocycles. The van der Waals surface area contributed by atoms with E-state index in [0.29, 0.717) is 12.2 Å². The van der Waals surface area contributed by atoms with Gasteiger partial charge in [0.2, 0.25) is 0 Å². The van der Waals surface area contributed by atoms with Crippen LogP contribution in [0, 0.1) is 15.9 Å². The van der Waals surface area contributed by atoms with E-state index in [9.17, 15) is 14.5 Å². The molecule has 0 saturated carbocycles. The normalized spacial score (nSPS) is 10.7. The molecule has 0 heterocycles. The maximum absolute atomic E-state index is 13.2. The van der Waals surface area contributed by atoms with Crippen LogP contribution in [0.5, 0.6) is 0 Å². The Balaban J connectivity index is 2.55. The molecule has 5 nitrogen and oxygen atoms in total. The molecular weight excluding hydrogens is 249 g/mol. The number of halogens is 1. The van der Waals surface area contributed by atoms with E-state index in [1.807, 2.05) is 0 Å². The van der Waals surface area contributed by atoms with Gasteiger partial charge >= 0.3 is 0 Å². The maximum atomic E-state index is 13.2. The van der Waals surface area contributed by atoms with Crippen LogP contribution in [0.3, 0.4) is 0 Å². The molecule has 1 rings (SSSR count). The van der Waals surface area contributed by atoms with Crippen LogP contribution in [0.4, 0.5) is 15.8 Å². The largest absolute Gasteiger partial charge is 0.383 e. The van der Waals surface area contributed by atoms with E-state index < -0.39 is 10.7 Å². The van der Waals surface area contributed by atoms with E-state index >= 15 is 0 Å². The van der Waals surface area contributed by atoms with Gasteiger partial charge < -0.3 is 10.2 Å². The van der Waals surface area contributed by atoms with Gasteiger partial charge in [-0.25, -0.2) is 4.39 Å². The van der Waals surface area contributed by atoms with Gasteiger partial charge in [-0.3, -0.25) is 10.1 Å². The van der Waals surface area contributed by atoms with Crippen LogP contribution in [0.15, 0.2) is 18.2 Å². The van der Waals surface area contributed by atoms with Crippen molar-refractivity contribution < 1.29 is 9.31 Å². The van der Waals surface area contributed by atoms with Crippen molar-refractivity contribution in [1.82, 2.24) is 4.90 Å². The summed E-state index contributed by atoms with van der Waals surface area (Å²) in [6, 6.07) is 3.53. The molecule has 1 N–H and O–H groups in total. The van der Waals surface area contributed by atoms with E-state index in [1.54, 1.807) is 0 Å². The minimum absolute atomic E-state index is 0.233. The molecule has 0 aliphatic carbocycles. The second-order valence-corrected chi connectivity index (χ2v) is 4.32. The summed E-state index contributed by atoms with van der Waals surface area (Å²) in [6.45, 7) is 7.64. The van der Waals surface area contributed by atoms with Gasteiger partial charge in [-0.15, -0.1) is 0 Å². The fourth-order valence-electron chi connectivity index (χ4n) is 1.88. The lowest BCUT2D eigenvalue weighted by atomic mass is 10.2. The van der Waals surface area contributed by atoms with Crippen LogP contribution in [-0.4, -0.2) is 36.0 Å². The average Bonchev–Trinajstić information content (AvgIpc) is 2.37. The van der Waals surface area contributed by atoms with Crippen molar-refractivity contribution >= 4 is 11.4 Å². The number of hydrogen-bond donors (Lipinski definition) is 1. The summed E-state index contributed by atoms with van der Waals surface area (Å²) >= 11 is 0. The predicted molar refractivity (Wildman–Crippen MR) is 73.9 cm³/mol. The molecule has 0 spiro atoms. The van der Waals surface area contributed by atoms with E-state index in [4.69, 9.17) is 0 Å². The fraction of sp³-hybridized carbons (Fsp3) is 0.538. The van der Waals surface area contributed by atoms with E-state index in [-0.39, 0.29) is 5.69 Å². The first-order chi connectivity index (χ1) is 9.06. The van der Waals surface area contributed by atoms with Crippen LogP contribution in [0.1, 0.15) is 20.3 Å². The minimum Gasteiger partial charge on any atom is -0.383 e. The minimum atomic E-state index is -0.599. The number of nitro groups is 1. The molecule has 0 aromatic heterocycles. The summed E-state index contributed by atoms with van der Waals surface area (Å²) < 4.78 is 13.2. The number of nitrogens with zero attached hydrogens (tertiary/aromatic N) is 2. The zero-order valence-corrected chi connectivity index (χ0v) is 11.4. The first-order valence-electron chi connectivity index (χ1n) is 6.48. The Labute approximate surface area is 112 Å². The first kappa shape index (κ1) is 15.4. The van der Waals surface area contributed by atoms with Crippen LogP contribution in [0.25, 0.3) is 0 Å². The number of nitrogens with one attached hydrogen (secondary N) is 1. The van der Waals surface area contributed by atoms with Crippen LogP contribution in [0.2, 0.25) is 0 Å². The van der Waals surface area contributed by atoms with Crippen LogP contribution in [-0.2, 0) is 0 Å². The molecule has 0 fully saturated rings. The molecule has 0 bridgehead atoms. The number of non-ortho nitro benzene ring substituents is 1. The Morgan fingerprint density at radius 3 is 2.63 bits per heavy atom. The molecular formula is C13H20FN3O2. The Morgan fingerprint density at radius 2 is 2.05 bits per heavy atom. The van der Waals surface area contributed by atoms with Gasteiger partial charge in [-0.2, -0.15) is 0 Å². The summed E-state index contributed by atoms with van der Waals surface area (Å²) in [7, 11) is 0. The zero-order valence-electron chi connectivity index (χ0n) is 11.4. The molecule has 106 valence electrons. The highest BCUT2D eigenvalue weighted by Crippen LogP contribution is 2.19. The number of benzene rings is 1. The van der Waals surface area contributed by atoms with Gasteiger partial charge in [-0.05, 0) is 25.6 Å². The van der Waals surface area contributed by atoms with Gasteiger partial charge in [0.05, 0.1) is 11.0 Å². The molecule has 0 saturated heterocycles. The van der Waals surface area contributed by atoms with Crippen molar-refractivity contribution in [3.63, 3.8) is 0 Å². The predicted octanol–water partition coefficient (Wildman–Crippen LogP) is 2.88. The number of nitro benzene ring substituents is 1. The summed E-state index contributed by atoms with van der Waals surface area (Å²) in [4.78, 5) is 12.3. The van der Waals surface area contributed by atoms with Gasteiger partial charge in [0.25, 0.3) is 5.69 Å². The van der Waals surface area contributed by atoms with Gasteiger partial charge in [0, 0.05) is 24.8 Å². The SMILES string of the molecule is CCCN(CC)CCNc1cc(F)cc([N+](=O)[O-])c1. The number of rotatable bonds is 8. The third-order valence-corrected chi connectivity index (χ3v) is 2.84. The maximum Gasteiger partial charge on any atom is 0.274 e. The fourth-order valence-corrected chi connectivity index (χ4v) is 1.88. The molecule has 0 atom stereocenters. The molecule has 0 radical (unpaired) electrons. The van der Waals surface area contributed by atoms with Crippen molar-refractivity contribution in [2.24, 2.45) is 0 Å². The molecule has 0 aliphatic rings. The van der Waals surface area contributed by atoms with Gasteiger partial charge in [-0.1, -0.05) is 13.8 Å². The summed E-state index contributed by atoms with van der Waals surface area (Å²) in [5.41, 5.74) is 0.211. The second-order valence-electron chi connectivity index (χ2n) is 4.32. The van der Waals surface area contributed by atoms with Gasteiger partial charge in [0.15, 0.2) is 0 Å². The molecule has 1 aromatic rings. The highest BCUT2D eigenvalue weighted by molar-refractivity contribution is 5.51. The lowest BCUT2D eigenvalue weighted by molar-refractivity contribution is -0.385. The zero-order chi connectivity index (χ0) is 14.3. The third kappa shape index (κ3) is 5.21. The average molecular weight is 269 g/mol. The number of likely N-dealkylation sites (N-methyl/N-ethyl adjacent to an activating group) is 1. The first-order valence-corrected chi connectivity index (χ1v) is 6.48. The van der Waals surface area contributed by atoms with Crippen molar-refractivity contribution in [2.45, 2.75) is 20.3 Å². The molecule has 6 heteroatoms. The van der Waals surface area contributed by atoms with Crippen molar-refractivity contribution in [3.05, 3.63) is 34.1 Å². The van der Waals surface area contributed by atoms with Gasteiger partial charge in [0.1, 0.15) is 5.82 Å². The quantitative estimate of drug-likeness (QED) is 0.582. The van der Waals surface area contributed by atoms with Crippen molar-refractivity contribution in [3.8, 4) is 0 Å². The third-order valence-electron chi connectivity index (χ3n) is 2.84. The van der Waals surface area contributed by atoms with E-state index in [1.165, 1.54) is 12.1 Å².